The molecule has 0 spiro atoms. The third kappa shape index (κ3) is 2.45. The number of carbonyl (C=O) groups excluding carboxylic acids is 2. The Morgan fingerprint density at radius 3 is 2.73 bits per heavy atom. The molecule has 0 aromatic carbocycles. The average Bonchev–Trinajstić information content (AvgIpc) is 2.25. The Labute approximate surface area is 89.7 Å². The van der Waals surface area contributed by atoms with Crippen LogP contribution in [0.15, 0.2) is 12.3 Å². The van der Waals surface area contributed by atoms with Gasteiger partial charge in [-0.15, -0.1) is 0 Å². The first kappa shape index (κ1) is 11.9. The average molecular weight is 211 g/mol. The zero-order chi connectivity index (χ0) is 11.3. The maximum absolute atomic E-state index is 11.7. The van der Waals surface area contributed by atoms with Crippen molar-refractivity contribution in [3.63, 3.8) is 0 Å². The second kappa shape index (κ2) is 5.07. The maximum atomic E-state index is 11.7. The standard InChI is InChI=1S/C11H17NO3/c1-3-5-8-15-11(4-2)10(14)9(13)6-7-12-11/h6-7,12H,3-5,8H2,1-2H3. The minimum absolute atomic E-state index is 0.450. The fourth-order valence-electron chi connectivity index (χ4n) is 1.45. The smallest absolute Gasteiger partial charge is 0.254 e. The molecule has 1 aliphatic heterocycles. The van der Waals surface area contributed by atoms with Crippen LogP contribution in [0, 0.1) is 0 Å². The van der Waals surface area contributed by atoms with Crippen LogP contribution in [0.1, 0.15) is 33.1 Å². The lowest BCUT2D eigenvalue weighted by Gasteiger charge is -2.32. The van der Waals surface area contributed by atoms with Gasteiger partial charge in [0.25, 0.3) is 5.78 Å². The van der Waals surface area contributed by atoms with Gasteiger partial charge in [-0.2, -0.15) is 0 Å². The lowest BCUT2D eigenvalue weighted by Crippen LogP contribution is -2.56. The summed E-state index contributed by atoms with van der Waals surface area (Å²) in [6.07, 6.45) is 5.05. The van der Waals surface area contributed by atoms with Crippen LogP contribution in [0.25, 0.3) is 0 Å². The highest BCUT2D eigenvalue weighted by Gasteiger charge is 2.42. The second-order valence-corrected chi connectivity index (χ2v) is 3.55. The molecule has 1 N–H and O–H groups in total. The highest BCUT2D eigenvalue weighted by Crippen LogP contribution is 2.18. The molecule has 1 rings (SSSR count). The lowest BCUT2D eigenvalue weighted by molar-refractivity contribution is -0.156. The van der Waals surface area contributed by atoms with Crippen molar-refractivity contribution in [2.24, 2.45) is 0 Å². The molecular formula is C11H17NO3. The molecule has 0 bridgehead atoms. The molecule has 15 heavy (non-hydrogen) atoms. The summed E-state index contributed by atoms with van der Waals surface area (Å²) in [4.78, 5) is 22.9. The molecule has 0 aromatic heterocycles. The van der Waals surface area contributed by atoms with Gasteiger partial charge in [-0.25, -0.2) is 0 Å². The molecule has 0 saturated heterocycles. The van der Waals surface area contributed by atoms with E-state index in [0.717, 1.165) is 12.8 Å². The molecule has 1 atom stereocenters. The molecule has 0 saturated carbocycles. The van der Waals surface area contributed by atoms with Crippen molar-refractivity contribution in [3.05, 3.63) is 12.3 Å². The molecule has 0 radical (unpaired) electrons. The summed E-state index contributed by atoms with van der Waals surface area (Å²) in [5.41, 5.74) is -1.12. The van der Waals surface area contributed by atoms with Gasteiger partial charge in [0.15, 0.2) is 0 Å². The van der Waals surface area contributed by atoms with Crippen LogP contribution in [-0.4, -0.2) is 23.9 Å². The summed E-state index contributed by atoms with van der Waals surface area (Å²) in [5.74, 6) is -0.990. The number of allylic oxidation sites excluding steroid dienone is 1. The number of unbranched alkanes of at least 4 members (excludes halogenated alkanes) is 1. The summed E-state index contributed by atoms with van der Waals surface area (Å²) < 4.78 is 5.51. The van der Waals surface area contributed by atoms with E-state index in [2.05, 4.69) is 5.32 Å². The van der Waals surface area contributed by atoms with Gasteiger partial charge >= 0.3 is 0 Å². The number of hydrogen-bond acceptors (Lipinski definition) is 4. The van der Waals surface area contributed by atoms with Crippen molar-refractivity contribution in [2.45, 2.75) is 38.8 Å². The number of hydrogen-bond donors (Lipinski definition) is 1. The third-order valence-electron chi connectivity index (χ3n) is 2.49. The highest BCUT2D eigenvalue weighted by atomic mass is 16.5. The molecule has 1 heterocycles. The Balaban J connectivity index is 2.71. The van der Waals surface area contributed by atoms with Gasteiger partial charge in [-0.1, -0.05) is 20.3 Å². The van der Waals surface area contributed by atoms with Gasteiger partial charge in [0.1, 0.15) is 0 Å². The summed E-state index contributed by atoms with van der Waals surface area (Å²) in [7, 11) is 0. The Hall–Kier alpha value is -1.16. The van der Waals surface area contributed by atoms with E-state index in [9.17, 15) is 9.59 Å². The number of carbonyl (C=O) groups is 2. The number of ketones is 2. The Kier molecular flexibility index (Phi) is 4.03. The van der Waals surface area contributed by atoms with E-state index in [1.54, 1.807) is 0 Å². The van der Waals surface area contributed by atoms with Crippen molar-refractivity contribution >= 4 is 11.6 Å². The largest absolute Gasteiger partial charge is 0.357 e. The molecule has 4 nitrogen and oxygen atoms in total. The van der Waals surface area contributed by atoms with Crippen LogP contribution in [0.5, 0.6) is 0 Å². The van der Waals surface area contributed by atoms with Gasteiger partial charge in [0.05, 0.1) is 0 Å². The monoisotopic (exact) mass is 211 g/mol. The quantitative estimate of drug-likeness (QED) is 0.547. The predicted octanol–water partition coefficient (Wildman–Crippen LogP) is 1.16. The molecule has 1 aliphatic rings. The van der Waals surface area contributed by atoms with E-state index < -0.39 is 17.3 Å². The molecule has 1 unspecified atom stereocenters. The summed E-state index contributed by atoms with van der Waals surface area (Å²) in [6, 6.07) is 0. The Morgan fingerprint density at radius 1 is 1.40 bits per heavy atom. The topological polar surface area (TPSA) is 55.4 Å². The molecule has 0 aromatic rings. The zero-order valence-corrected chi connectivity index (χ0v) is 9.21. The van der Waals surface area contributed by atoms with Gasteiger partial charge in [-0.3, -0.25) is 9.59 Å². The van der Waals surface area contributed by atoms with E-state index in [4.69, 9.17) is 4.74 Å². The van der Waals surface area contributed by atoms with Gasteiger partial charge in [0.2, 0.25) is 11.5 Å². The normalized spacial score (nSPS) is 25.5. The Morgan fingerprint density at radius 2 is 2.13 bits per heavy atom. The summed E-state index contributed by atoms with van der Waals surface area (Å²) in [5, 5.41) is 2.85. The fourth-order valence-corrected chi connectivity index (χ4v) is 1.45. The molecule has 84 valence electrons. The molecular weight excluding hydrogens is 194 g/mol. The van der Waals surface area contributed by atoms with Crippen LogP contribution in [0.4, 0.5) is 0 Å². The van der Waals surface area contributed by atoms with Crippen LogP contribution < -0.4 is 5.32 Å². The lowest BCUT2D eigenvalue weighted by atomic mass is 9.99. The van der Waals surface area contributed by atoms with Crippen LogP contribution in [0.2, 0.25) is 0 Å². The van der Waals surface area contributed by atoms with Gasteiger partial charge in [0, 0.05) is 25.3 Å². The number of ether oxygens (including phenoxy) is 1. The van der Waals surface area contributed by atoms with E-state index in [1.807, 2.05) is 13.8 Å². The van der Waals surface area contributed by atoms with Crippen molar-refractivity contribution in [1.29, 1.82) is 0 Å². The van der Waals surface area contributed by atoms with Crippen molar-refractivity contribution < 1.29 is 14.3 Å². The minimum Gasteiger partial charge on any atom is -0.357 e. The van der Waals surface area contributed by atoms with E-state index in [-0.39, 0.29) is 0 Å². The van der Waals surface area contributed by atoms with E-state index in [1.165, 1.54) is 12.3 Å². The van der Waals surface area contributed by atoms with Crippen LogP contribution >= 0.6 is 0 Å². The molecule has 0 fully saturated rings. The van der Waals surface area contributed by atoms with Crippen LogP contribution in [0.3, 0.4) is 0 Å². The SMILES string of the molecule is CCCCOC1(CC)NC=CC(=O)C1=O. The number of rotatable bonds is 5. The number of nitrogens with one attached hydrogen (secondary N) is 1. The van der Waals surface area contributed by atoms with Crippen molar-refractivity contribution in [3.8, 4) is 0 Å². The summed E-state index contributed by atoms with van der Waals surface area (Å²) in [6.45, 7) is 4.36. The molecule has 0 amide bonds. The van der Waals surface area contributed by atoms with Gasteiger partial charge in [-0.05, 0) is 6.42 Å². The first-order valence-electron chi connectivity index (χ1n) is 5.33. The molecule has 0 aliphatic carbocycles. The van der Waals surface area contributed by atoms with Gasteiger partial charge < -0.3 is 10.1 Å². The highest BCUT2D eigenvalue weighted by molar-refractivity contribution is 6.44. The predicted molar refractivity (Wildman–Crippen MR) is 56.2 cm³/mol. The van der Waals surface area contributed by atoms with Crippen LogP contribution in [-0.2, 0) is 14.3 Å². The zero-order valence-electron chi connectivity index (χ0n) is 9.21. The van der Waals surface area contributed by atoms with E-state index in [0.29, 0.717) is 13.0 Å². The summed E-state index contributed by atoms with van der Waals surface area (Å²) >= 11 is 0. The second-order valence-electron chi connectivity index (χ2n) is 3.55. The van der Waals surface area contributed by atoms with Crippen molar-refractivity contribution in [1.82, 2.24) is 5.32 Å². The van der Waals surface area contributed by atoms with Crippen molar-refractivity contribution in [2.75, 3.05) is 6.61 Å². The fraction of sp³-hybridized carbons (Fsp3) is 0.636. The molecule has 4 heteroatoms. The third-order valence-corrected chi connectivity index (χ3v) is 2.49. The first-order valence-corrected chi connectivity index (χ1v) is 5.33. The van der Waals surface area contributed by atoms with E-state index >= 15 is 0 Å². The maximum Gasteiger partial charge on any atom is 0.254 e. The minimum atomic E-state index is -1.12. The first-order chi connectivity index (χ1) is 7.16. The Bertz CT molecular complexity index is 286. The number of Topliss-reactive ketones (excluding diaryl/α,β-unsaturated/α-hetero) is 1.